The summed E-state index contributed by atoms with van der Waals surface area (Å²) in [6, 6.07) is 6.63. The quantitative estimate of drug-likeness (QED) is 0.496. The number of ether oxygens (including phenoxy) is 1. The van der Waals surface area contributed by atoms with Crippen LogP contribution in [0, 0.1) is 0 Å². The Bertz CT molecular complexity index is 688. The second-order valence-corrected chi connectivity index (χ2v) is 5.13. The number of carboxylic acids is 1. The minimum atomic E-state index is -1.08. The highest BCUT2D eigenvalue weighted by Gasteiger charge is 2.27. The predicted octanol–water partition coefficient (Wildman–Crippen LogP) is 2.24. The van der Waals surface area contributed by atoms with Gasteiger partial charge in [0, 0.05) is 6.20 Å². The van der Waals surface area contributed by atoms with Crippen molar-refractivity contribution in [2.45, 2.75) is 11.1 Å². The fraction of sp³-hybridized carbons (Fsp3) is 0.200. The van der Waals surface area contributed by atoms with Crippen molar-refractivity contribution in [1.29, 1.82) is 0 Å². The van der Waals surface area contributed by atoms with Crippen molar-refractivity contribution >= 4 is 24.0 Å². The Hall–Kier alpha value is -2.41. The molecule has 0 saturated carbocycles. The van der Waals surface area contributed by atoms with Gasteiger partial charge in [0.1, 0.15) is 11.7 Å². The number of aromatic nitrogens is 2. The van der Waals surface area contributed by atoms with Gasteiger partial charge in [-0.25, -0.2) is 9.97 Å². The summed E-state index contributed by atoms with van der Waals surface area (Å²) in [5.74, 6) is -1.50. The van der Waals surface area contributed by atoms with Crippen LogP contribution >= 0.6 is 11.8 Å². The van der Waals surface area contributed by atoms with Gasteiger partial charge in [-0.15, -0.1) is 0 Å². The van der Waals surface area contributed by atoms with E-state index in [2.05, 4.69) is 9.97 Å². The van der Waals surface area contributed by atoms with E-state index in [9.17, 15) is 14.7 Å². The molecular weight excluding hydrogens is 304 g/mol. The summed E-state index contributed by atoms with van der Waals surface area (Å²) >= 11 is 1.28. The summed E-state index contributed by atoms with van der Waals surface area (Å²) in [6.45, 7) is 0. The van der Waals surface area contributed by atoms with Crippen LogP contribution in [0.4, 0.5) is 0 Å². The summed E-state index contributed by atoms with van der Waals surface area (Å²) in [5, 5.41) is 9.99. The number of rotatable bonds is 6. The molecule has 0 amide bonds. The molecule has 0 aliphatic carbocycles. The van der Waals surface area contributed by atoms with Gasteiger partial charge in [-0.2, -0.15) is 0 Å². The van der Waals surface area contributed by atoms with Crippen molar-refractivity contribution < 1.29 is 19.4 Å². The van der Waals surface area contributed by atoms with Crippen molar-refractivity contribution in [1.82, 2.24) is 9.97 Å². The summed E-state index contributed by atoms with van der Waals surface area (Å²) in [6.07, 6.45) is 3.70. The van der Waals surface area contributed by atoms with E-state index in [1.807, 2.05) is 0 Å². The molecule has 114 valence electrons. The number of carbonyl (C=O) groups is 2. The van der Waals surface area contributed by atoms with Crippen LogP contribution in [-0.2, 0) is 4.79 Å². The number of nitrogens with zero attached hydrogens (tertiary/aromatic N) is 2. The molecule has 22 heavy (non-hydrogen) atoms. The van der Waals surface area contributed by atoms with Crippen LogP contribution in [0.1, 0.15) is 27.5 Å². The Balaban J connectivity index is 2.55. The molecule has 1 atom stereocenters. The number of aldehydes is 1. The van der Waals surface area contributed by atoms with Crippen molar-refractivity contribution in [3.8, 4) is 5.75 Å². The Morgan fingerprint density at radius 1 is 1.36 bits per heavy atom. The standard InChI is InChI=1S/C15H14N2O4S/c1-21-11-5-3-9(4-6-11)12(14(19)20)13-10(8-18)7-16-15(17-13)22-2/h3-8,12H,1-2H3,(H,19,20). The van der Waals surface area contributed by atoms with Gasteiger partial charge in [-0.05, 0) is 24.0 Å². The molecule has 1 N–H and O–H groups in total. The normalized spacial score (nSPS) is 11.7. The maximum atomic E-state index is 11.7. The van der Waals surface area contributed by atoms with Gasteiger partial charge in [0.15, 0.2) is 11.4 Å². The lowest BCUT2D eigenvalue weighted by molar-refractivity contribution is -0.137. The minimum Gasteiger partial charge on any atom is -0.497 e. The monoisotopic (exact) mass is 318 g/mol. The highest BCUT2D eigenvalue weighted by molar-refractivity contribution is 7.98. The largest absolute Gasteiger partial charge is 0.497 e. The van der Waals surface area contributed by atoms with Gasteiger partial charge < -0.3 is 9.84 Å². The minimum absolute atomic E-state index is 0.168. The first-order valence-electron chi connectivity index (χ1n) is 6.33. The lowest BCUT2D eigenvalue weighted by atomic mass is 9.93. The molecule has 1 heterocycles. The molecule has 1 unspecified atom stereocenters. The van der Waals surface area contributed by atoms with E-state index in [1.165, 1.54) is 25.1 Å². The molecule has 2 rings (SSSR count). The first kappa shape index (κ1) is 16.0. The van der Waals surface area contributed by atoms with Crippen LogP contribution in [0.25, 0.3) is 0 Å². The van der Waals surface area contributed by atoms with E-state index in [4.69, 9.17) is 4.74 Å². The van der Waals surface area contributed by atoms with E-state index in [0.29, 0.717) is 22.8 Å². The molecule has 7 heteroatoms. The topological polar surface area (TPSA) is 89.4 Å². The molecule has 1 aromatic carbocycles. The van der Waals surface area contributed by atoms with Crippen LogP contribution in [-0.4, -0.2) is 40.7 Å². The average Bonchev–Trinajstić information content (AvgIpc) is 2.55. The molecule has 0 saturated heterocycles. The fourth-order valence-corrected chi connectivity index (χ4v) is 2.37. The Morgan fingerprint density at radius 3 is 2.55 bits per heavy atom. The molecule has 1 aromatic heterocycles. The van der Waals surface area contributed by atoms with Crippen LogP contribution in [0.15, 0.2) is 35.6 Å². The zero-order valence-corrected chi connectivity index (χ0v) is 12.8. The number of benzene rings is 1. The van der Waals surface area contributed by atoms with Crippen LogP contribution < -0.4 is 4.74 Å². The average molecular weight is 318 g/mol. The number of methoxy groups -OCH3 is 1. The third kappa shape index (κ3) is 3.25. The lowest BCUT2D eigenvalue weighted by Gasteiger charge is -2.15. The van der Waals surface area contributed by atoms with E-state index in [-0.39, 0.29) is 11.3 Å². The summed E-state index contributed by atoms with van der Waals surface area (Å²) in [5.41, 5.74) is 0.871. The Labute approximate surface area is 131 Å². The number of carboxylic acid groups (broad SMARTS) is 1. The molecule has 0 fully saturated rings. The smallest absolute Gasteiger partial charge is 0.317 e. The van der Waals surface area contributed by atoms with Crippen molar-refractivity contribution in [2.75, 3.05) is 13.4 Å². The van der Waals surface area contributed by atoms with E-state index < -0.39 is 11.9 Å². The molecule has 0 radical (unpaired) electrons. The Morgan fingerprint density at radius 2 is 2.05 bits per heavy atom. The van der Waals surface area contributed by atoms with Gasteiger partial charge >= 0.3 is 5.97 Å². The third-order valence-electron chi connectivity index (χ3n) is 3.10. The van der Waals surface area contributed by atoms with Crippen molar-refractivity contribution in [2.24, 2.45) is 0 Å². The van der Waals surface area contributed by atoms with E-state index in [1.54, 1.807) is 30.5 Å². The first-order valence-corrected chi connectivity index (χ1v) is 7.56. The van der Waals surface area contributed by atoms with Gasteiger partial charge in [0.25, 0.3) is 0 Å². The molecule has 6 nitrogen and oxygen atoms in total. The molecule has 0 aliphatic rings. The van der Waals surface area contributed by atoms with Crippen LogP contribution in [0.2, 0.25) is 0 Å². The third-order valence-corrected chi connectivity index (χ3v) is 3.67. The van der Waals surface area contributed by atoms with Crippen molar-refractivity contribution in [3.05, 3.63) is 47.3 Å². The zero-order chi connectivity index (χ0) is 16.1. The lowest BCUT2D eigenvalue weighted by Crippen LogP contribution is -2.17. The SMILES string of the molecule is COc1ccc(C(C(=O)O)c2nc(SC)ncc2C=O)cc1. The maximum Gasteiger partial charge on any atom is 0.317 e. The number of hydrogen-bond donors (Lipinski definition) is 1. The highest BCUT2D eigenvalue weighted by Crippen LogP contribution is 2.28. The first-order chi connectivity index (χ1) is 10.6. The molecular formula is C15H14N2O4S. The fourth-order valence-electron chi connectivity index (χ4n) is 2.02. The highest BCUT2D eigenvalue weighted by atomic mass is 32.2. The van der Waals surface area contributed by atoms with Crippen molar-refractivity contribution in [3.63, 3.8) is 0 Å². The van der Waals surface area contributed by atoms with Gasteiger partial charge in [-0.1, -0.05) is 23.9 Å². The number of hydrogen-bond acceptors (Lipinski definition) is 6. The molecule has 0 bridgehead atoms. The maximum absolute atomic E-state index is 11.7. The second kappa shape index (κ2) is 7.04. The summed E-state index contributed by atoms with van der Waals surface area (Å²) in [4.78, 5) is 31.1. The van der Waals surface area contributed by atoms with Gasteiger partial charge in [0.05, 0.1) is 18.4 Å². The summed E-state index contributed by atoms with van der Waals surface area (Å²) in [7, 11) is 1.53. The van der Waals surface area contributed by atoms with Crippen LogP contribution in [0.5, 0.6) is 5.75 Å². The van der Waals surface area contributed by atoms with Gasteiger partial charge in [0.2, 0.25) is 0 Å². The van der Waals surface area contributed by atoms with E-state index in [0.717, 1.165) is 0 Å². The Kier molecular flexibility index (Phi) is 5.11. The summed E-state index contributed by atoms with van der Waals surface area (Å²) < 4.78 is 5.06. The number of carbonyl (C=O) groups excluding carboxylic acids is 1. The number of thioether (sulfide) groups is 1. The van der Waals surface area contributed by atoms with E-state index >= 15 is 0 Å². The predicted molar refractivity (Wildman–Crippen MR) is 81.7 cm³/mol. The number of aliphatic carboxylic acids is 1. The van der Waals surface area contributed by atoms with Gasteiger partial charge in [-0.3, -0.25) is 9.59 Å². The second-order valence-electron chi connectivity index (χ2n) is 4.36. The molecule has 0 spiro atoms. The molecule has 0 aliphatic heterocycles. The van der Waals surface area contributed by atoms with Crippen LogP contribution in [0.3, 0.4) is 0 Å². The molecule has 2 aromatic rings. The zero-order valence-electron chi connectivity index (χ0n) is 12.0.